The normalized spacial score (nSPS) is 24.0. The average Bonchev–Trinajstić information content (AvgIpc) is 3.00. The molecule has 1 fully saturated rings. The molecular formula is C18H28N4O3. The maximum absolute atomic E-state index is 13.0. The maximum Gasteiger partial charge on any atom is 0.306 e. The van der Waals surface area contributed by atoms with Crippen molar-refractivity contribution in [2.45, 2.75) is 38.6 Å². The van der Waals surface area contributed by atoms with Crippen molar-refractivity contribution in [2.24, 2.45) is 13.0 Å². The molecule has 0 unspecified atom stereocenters. The first-order chi connectivity index (χ1) is 12.0. The number of methoxy groups -OCH3 is 1. The van der Waals surface area contributed by atoms with Gasteiger partial charge in [0, 0.05) is 57.3 Å². The molecule has 1 saturated heterocycles. The highest BCUT2D eigenvalue weighted by Gasteiger charge is 2.33. The highest BCUT2D eigenvalue weighted by Crippen LogP contribution is 2.27. The fourth-order valence-corrected chi connectivity index (χ4v) is 3.98. The minimum Gasteiger partial charge on any atom is -0.469 e. The number of aryl methyl sites for hydroxylation is 2. The van der Waals surface area contributed by atoms with Gasteiger partial charge in [0.2, 0.25) is 5.91 Å². The van der Waals surface area contributed by atoms with Gasteiger partial charge in [-0.1, -0.05) is 0 Å². The Bertz CT molecular complexity index is 642. The van der Waals surface area contributed by atoms with Gasteiger partial charge >= 0.3 is 5.97 Å². The summed E-state index contributed by atoms with van der Waals surface area (Å²) in [6.07, 6.45) is 4.98. The van der Waals surface area contributed by atoms with Crippen LogP contribution in [0.2, 0.25) is 0 Å². The lowest BCUT2D eigenvalue weighted by atomic mass is 9.86. The van der Waals surface area contributed by atoms with Gasteiger partial charge in [0.15, 0.2) is 0 Å². The third-order valence-corrected chi connectivity index (χ3v) is 5.61. The van der Waals surface area contributed by atoms with Crippen LogP contribution in [0.25, 0.3) is 0 Å². The van der Waals surface area contributed by atoms with Crippen LogP contribution < -0.4 is 0 Å². The maximum atomic E-state index is 13.0. The number of fused-ring (bicyclic) bond motifs is 1. The Balaban J connectivity index is 1.54. The van der Waals surface area contributed by atoms with Crippen molar-refractivity contribution in [1.82, 2.24) is 19.6 Å². The number of hydrogen-bond acceptors (Lipinski definition) is 5. The van der Waals surface area contributed by atoms with Gasteiger partial charge in [0.1, 0.15) is 0 Å². The van der Waals surface area contributed by atoms with Crippen LogP contribution >= 0.6 is 0 Å². The Hall–Kier alpha value is -1.89. The molecule has 0 aromatic carbocycles. The number of aromatic nitrogens is 2. The monoisotopic (exact) mass is 348 g/mol. The molecule has 25 heavy (non-hydrogen) atoms. The molecular weight excluding hydrogens is 320 g/mol. The largest absolute Gasteiger partial charge is 0.469 e. The molecule has 138 valence electrons. The summed E-state index contributed by atoms with van der Waals surface area (Å²) in [5.41, 5.74) is 2.49. The number of esters is 1. The number of ether oxygens (including phenoxy) is 1. The first-order valence-corrected chi connectivity index (χ1v) is 9.09. The van der Waals surface area contributed by atoms with Crippen LogP contribution in [0.1, 0.15) is 31.0 Å². The predicted molar refractivity (Wildman–Crippen MR) is 93.0 cm³/mol. The number of carbonyl (C=O) groups excluding carboxylic acids is 2. The van der Waals surface area contributed by atoms with Crippen molar-refractivity contribution in [2.75, 3.05) is 33.3 Å². The summed E-state index contributed by atoms with van der Waals surface area (Å²) in [5.74, 6) is 0.155. The molecule has 1 aromatic heterocycles. The van der Waals surface area contributed by atoms with Gasteiger partial charge in [-0.25, -0.2) is 0 Å². The van der Waals surface area contributed by atoms with E-state index in [1.54, 1.807) is 0 Å². The molecule has 0 N–H and O–H groups in total. The zero-order valence-corrected chi connectivity index (χ0v) is 15.4. The molecule has 1 aromatic rings. The second-order valence-electron chi connectivity index (χ2n) is 7.18. The number of carbonyl (C=O) groups is 2. The Labute approximate surface area is 148 Å². The van der Waals surface area contributed by atoms with Crippen molar-refractivity contribution in [1.29, 1.82) is 0 Å². The van der Waals surface area contributed by atoms with E-state index in [0.717, 1.165) is 38.9 Å². The lowest BCUT2D eigenvalue weighted by Gasteiger charge is -2.41. The van der Waals surface area contributed by atoms with Gasteiger partial charge in [0.05, 0.1) is 19.7 Å². The summed E-state index contributed by atoms with van der Waals surface area (Å²) in [7, 11) is 3.37. The third-order valence-electron chi connectivity index (χ3n) is 5.61. The third kappa shape index (κ3) is 3.86. The van der Waals surface area contributed by atoms with Crippen LogP contribution in [-0.2, 0) is 34.2 Å². The smallest absolute Gasteiger partial charge is 0.306 e. The standard InChI is InChI=1S/C18H28N4O3/c1-13-12-22(9-8-21(13)7-6-17(23)25-3)18(24)14-4-5-15-11-19-20(2)16(15)10-14/h11,13-14H,4-10,12H2,1-3H3/t13-,14+/m0/s1. The summed E-state index contributed by atoms with van der Waals surface area (Å²) >= 11 is 0. The van der Waals surface area contributed by atoms with E-state index >= 15 is 0 Å². The van der Waals surface area contributed by atoms with E-state index in [1.807, 2.05) is 22.8 Å². The molecule has 0 radical (unpaired) electrons. The van der Waals surface area contributed by atoms with Crippen LogP contribution in [0.3, 0.4) is 0 Å². The molecule has 2 atom stereocenters. The number of rotatable bonds is 4. The van der Waals surface area contributed by atoms with E-state index in [0.29, 0.717) is 13.0 Å². The van der Waals surface area contributed by atoms with Gasteiger partial charge in [-0.15, -0.1) is 0 Å². The van der Waals surface area contributed by atoms with Crippen LogP contribution in [0.4, 0.5) is 0 Å². The van der Waals surface area contributed by atoms with Crippen LogP contribution in [-0.4, -0.2) is 70.8 Å². The minimum atomic E-state index is -0.181. The lowest BCUT2D eigenvalue weighted by Crippen LogP contribution is -2.55. The summed E-state index contributed by atoms with van der Waals surface area (Å²) in [6, 6.07) is 0.262. The fourth-order valence-electron chi connectivity index (χ4n) is 3.98. The summed E-state index contributed by atoms with van der Waals surface area (Å²) in [6.45, 7) is 5.09. The minimum absolute atomic E-state index is 0.0664. The Morgan fingerprint density at radius 1 is 1.36 bits per heavy atom. The summed E-state index contributed by atoms with van der Waals surface area (Å²) in [4.78, 5) is 28.6. The van der Waals surface area contributed by atoms with Gasteiger partial charge in [0.25, 0.3) is 0 Å². The van der Waals surface area contributed by atoms with E-state index < -0.39 is 0 Å². The number of piperazine rings is 1. The Morgan fingerprint density at radius 3 is 2.88 bits per heavy atom. The average molecular weight is 348 g/mol. The van der Waals surface area contributed by atoms with Gasteiger partial charge in [-0.05, 0) is 25.3 Å². The lowest BCUT2D eigenvalue weighted by molar-refractivity contribution is -0.143. The summed E-state index contributed by atoms with van der Waals surface area (Å²) in [5, 5.41) is 4.32. The van der Waals surface area contributed by atoms with Crippen molar-refractivity contribution in [3.8, 4) is 0 Å². The summed E-state index contributed by atoms with van der Waals surface area (Å²) < 4.78 is 6.61. The van der Waals surface area contributed by atoms with Crippen molar-refractivity contribution in [3.05, 3.63) is 17.5 Å². The van der Waals surface area contributed by atoms with E-state index in [4.69, 9.17) is 4.74 Å². The van der Waals surface area contributed by atoms with E-state index in [-0.39, 0.29) is 23.8 Å². The molecule has 1 aliphatic heterocycles. The first kappa shape index (κ1) is 17.9. The molecule has 0 saturated carbocycles. The fraction of sp³-hybridized carbons (Fsp3) is 0.722. The van der Waals surface area contributed by atoms with Gasteiger partial charge < -0.3 is 9.64 Å². The molecule has 2 heterocycles. The quantitative estimate of drug-likeness (QED) is 0.746. The molecule has 1 aliphatic carbocycles. The number of nitrogens with zero attached hydrogens (tertiary/aromatic N) is 4. The highest BCUT2D eigenvalue weighted by molar-refractivity contribution is 5.79. The van der Waals surface area contributed by atoms with Crippen molar-refractivity contribution >= 4 is 11.9 Å². The number of amides is 1. The molecule has 3 rings (SSSR count). The zero-order chi connectivity index (χ0) is 18.0. The molecule has 7 nitrogen and oxygen atoms in total. The van der Waals surface area contributed by atoms with E-state index in [1.165, 1.54) is 18.4 Å². The van der Waals surface area contributed by atoms with Gasteiger partial charge in [-0.2, -0.15) is 5.10 Å². The molecule has 1 amide bonds. The molecule has 0 spiro atoms. The van der Waals surface area contributed by atoms with E-state index in [2.05, 4.69) is 16.9 Å². The van der Waals surface area contributed by atoms with Gasteiger partial charge in [-0.3, -0.25) is 19.2 Å². The Morgan fingerprint density at radius 2 is 2.16 bits per heavy atom. The topological polar surface area (TPSA) is 67.7 Å². The molecule has 7 heteroatoms. The zero-order valence-electron chi connectivity index (χ0n) is 15.4. The van der Waals surface area contributed by atoms with Crippen LogP contribution in [0.15, 0.2) is 6.20 Å². The second kappa shape index (κ2) is 7.56. The predicted octanol–water partition coefficient (Wildman–Crippen LogP) is 0.621. The SMILES string of the molecule is COC(=O)CCN1CCN(C(=O)[C@@H]2CCc3cnn(C)c3C2)C[C@@H]1C. The van der Waals surface area contributed by atoms with Crippen LogP contribution in [0, 0.1) is 5.92 Å². The van der Waals surface area contributed by atoms with Crippen molar-refractivity contribution in [3.63, 3.8) is 0 Å². The van der Waals surface area contributed by atoms with Crippen molar-refractivity contribution < 1.29 is 14.3 Å². The van der Waals surface area contributed by atoms with E-state index in [9.17, 15) is 9.59 Å². The second-order valence-corrected chi connectivity index (χ2v) is 7.18. The Kier molecular flexibility index (Phi) is 5.42. The first-order valence-electron chi connectivity index (χ1n) is 9.09. The molecule has 0 bridgehead atoms. The molecule has 2 aliphatic rings. The van der Waals surface area contributed by atoms with Crippen LogP contribution in [0.5, 0.6) is 0 Å². The highest BCUT2D eigenvalue weighted by atomic mass is 16.5. The number of hydrogen-bond donors (Lipinski definition) is 0.